The van der Waals surface area contributed by atoms with Gasteiger partial charge in [0.1, 0.15) is 0 Å². The van der Waals surface area contributed by atoms with Crippen LogP contribution in [0.25, 0.3) is 0 Å². The van der Waals surface area contributed by atoms with E-state index >= 15 is 0 Å². The number of hydrogen-bond donors (Lipinski definition) is 2. The van der Waals surface area contributed by atoms with Crippen molar-refractivity contribution in [2.24, 2.45) is 11.7 Å². The molecule has 1 aromatic rings. The zero-order valence-corrected chi connectivity index (χ0v) is 8.27. The van der Waals surface area contributed by atoms with Crippen LogP contribution in [-0.2, 0) is 0 Å². The van der Waals surface area contributed by atoms with E-state index in [1.165, 1.54) is 6.20 Å². The highest BCUT2D eigenvalue weighted by atomic mass is 16.4. The van der Waals surface area contributed by atoms with E-state index in [9.17, 15) is 4.79 Å². The highest BCUT2D eigenvalue weighted by Crippen LogP contribution is 2.21. The quantitative estimate of drug-likeness (QED) is 0.763. The summed E-state index contributed by atoms with van der Waals surface area (Å²) in [5.41, 5.74) is 6.72. The number of nitrogens with two attached hydrogens (primary N) is 1. The maximum absolute atomic E-state index is 10.9. The Morgan fingerprint density at radius 3 is 2.71 bits per heavy atom. The third-order valence-electron chi connectivity index (χ3n) is 2.16. The number of nitrogens with zero attached hydrogens (tertiary/aromatic N) is 1. The molecule has 4 heteroatoms. The highest BCUT2D eigenvalue weighted by Gasteiger charge is 2.17. The first-order chi connectivity index (χ1) is 6.54. The minimum Gasteiger partial charge on any atom is -0.478 e. The fourth-order valence-electron chi connectivity index (χ4n) is 1.23. The molecule has 4 nitrogen and oxygen atoms in total. The van der Waals surface area contributed by atoms with Gasteiger partial charge in [0.05, 0.1) is 5.56 Å². The Labute approximate surface area is 82.8 Å². The standard InChI is InChI=1S/C10H14N2O2/c1-6(2)9(11)7-3-4-12-5-8(7)10(13)14/h3-6,9H,11H2,1-2H3,(H,13,14)/t9-/m1/s1. The number of pyridine rings is 1. The molecule has 0 radical (unpaired) electrons. The maximum atomic E-state index is 10.9. The number of aromatic nitrogens is 1. The summed E-state index contributed by atoms with van der Waals surface area (Å²) in [6, 6.07) is 1.40. The summed E-state index contributed by atoms with van der Waals surface area (Å²) in [6.07, 6.45) is 2.89. The van der Waals surface area contributed by atoms with Gasteiger partial charge in [-0.2, -0.15) is 0 Å². The fraction of sp³-hybridized carbons (Fsp3) is 0.400. The molecule has 0 amide bonds. The van der Waals surface area contributed by atoms with Gasteiger partial charge < -0.3 is 10.8 Å². The Bertz CT molecular complexity index is 337. The third kappa shape index (κ3) is 2.09. The first-order valence-electron chi connectivity index (χ1n) is 4.46. The van der Waals surface area contributed by atoms with Crippen LogP contribution < -0.4 is 5.73 Å². The summed E-state index contributed by atoms with van der Waals surface area (Å²) in [4.78, 5) is 14.6. The molecular formula is C10H14N2O2. The van der Waals surface area contributed by atoms with Gasteiger partial charge in [-0.1, -0.05) is 13.8 Å². The van der Waals surface area contributed by atoms with Gasteiger partial charge in [0.25, 0.3) is 0 Å². The molecule has 0 bridgehead atoms. The predicted molar refractivity (Wildman–Crippen MR) is 53.0 cm³/mol. The lowest BCUT2D eigenvalue weighted by molar-refractivity contribution is 0.0694. The van der Waals surface area contributed by atoms with E-state index in [-0.39, 0.29) is 17.5 Å². The second kappa shape index (κ2) is 4.19. The van der Waals surface area contributed by atoms with Crippen LogP contribution in [0.2, 0.25) is 0 Å². The molecule has 14 heavy (non-hydrogen) atoms. The van der Waals surface area contributed by atoms with Crippen LogP contribution in [0.15, 0.2) is 18.5 Å². The SMILES string of the molecule is CC(C)[C@@H](N)c1ccncc1C(=O)O. The van der Waals surface area contributed by atoms with Crippen molar-refractivity contribution in [2.75, 3.05) is 0 Å². The van der Waals surface area contributed by atoms with Crippen LogP contribution in [0.1, 0.15) is 35.8 Å². The van der Waals surface area contributed by atoms with E-state index in [0.717, 1.165) is 0 Å². The van der Waals surface area contributed by atoms with Crippen molar-refractivity contribution < 1.29 is 9.90 Å². The lowest BCUT2D eigenvalue weighted by atomic mass is 9.94. The van der Waals surface area contributed by atoms with Crippen molar-refractivity contribution >= 4 is 5.97 Å². The van der Waals surface area contributed by atoms with Crippen molar-refractivity contribution in [1.29, 1.82) is 0 Å². The Balaban J connectivity index is 3.13. The minimum absolute atomic E-state index is 0.189. The summed E-state index contributed by atoms with van der Waals surface area (Å²) in [5.74, 6) is -0.778. The average Bonchev–Trinajstić information content (AvgIpc) is 2.16. The number of carbonyl (C=O) groups is 1. The van der Waals surface area contributed by atoms with E-state index in [4.69, 9.17) is 10.8 Å². The number of carboxylic acids is 1. The maximum Gasteiger partial charge on any atom is 0.337 e. The van der Waals surface area contributed by atoms with Crippen molar-refractivity contribution in [1.82, 2.24) is 4.98 Å². The van der Waals surface area contributed by atoms with Crippen LogP contribution in [0.3, 0.4) is 0 Å². The smallest absolute Gasteiger partial charge is 0.337 e. The monoisotopic (exact) mass is 194 g/mol. The van der Waals surface area contributed by atoms with Gasteiger partial charge in [-0.3, -0.25) is 4.98 Å². The Morgan fingerprint density at radius 2 is 2.21 bits per heavy atom. The second-order valence-electron chi connectivity index (χ2n) is 3.54. The summed E-state index contributed by atoms with van der Waals surface area (Å²) in [5, 5.41) is 8.90. The number of carboxylic acid groups (broad SMARTS) is 1. The van der Waals surface area contributed by atoms with Crippen LogP contribution in [0.5, 0.6) is 0 Å². The number of hydrogen-bond acceptors (Lipinski definition) is 3. The van der Waals surface area contributed by atoms with E-state index in [0.29, 0.717) is 5.56 Å². The van der Waals surface area contributed by atoms with Gasteiger partial charge in [-0.25, -0.2) is 4.79 Å². The van der Waals surface area contributed by atoms with Crippen molar-refractivity contribution in [3.63, 3.8) is 0 Å². The van der Waals surface area contributed by atoms with Crippen LogP contribution in [0, 0.1) is 5.92 Å². The van der Waals surface area contributed by atoms with Gasteiger partial charge in [0.15, 0.2) is 0 Å². The molecule has 76 valence electrons. The van der Waals surface area contributed by atoms with Gasteiger partial charge >= 0.3 is 5.97 Å². The minimum atomic E-state index is -0.982. The number of aromatic carboxylic acids is 1. The largest absolute Gasteiger partial charge is 0.478 e. The van der Waals surface area contributed by atoms with Crippen LogP contribution in [0.4, 0.5) is 0 Å². The van der Waals surface area contributed by atoms with Gasteiger partial charge in [-0.15, -0.1) is 0 Å². The molecule has 0 saturated heterocycles. The van der Waals surface area contributed by atoms with Crippen LogP contribution >= 0.6 is 0 Å². The molecule has 0 aromatic carbocycles. The normalized spacial score (nSPS) is 12.9. The topological polar surface area (TPSA) is 76.2 Å². The second-order valence-corrected chi connectivity index (χ2v) is 3.54. The summed E-state index contributed by atoms with van der Waals surface area (Å²) >= 11 is 0. The van der Waals surface area contributed by atoms with Crippen molar-refractivity contribution in [3.05, 3.63) is 29.6 Å². The molecule has 0 spiro atoms. The zero-order valence-electron chi connectivity index (χ0n) is 8.27. The van der Waals surface area contributed by atoms with E-state index in [1.807, 2.05) is 13.8 Å². The van der Waals surface area contributed by atoms with Gasteiger partial charge in [-0.05, 0) is 17.5 Å². The average molecular weight is 194 g/mol. The molecular weight excluding hydrogens is 180 g/mol. The lowest BCUT2D eigenvalue weighted by Gasteiger charge is -2.17. The molecule has 1 heterocycles. The third-order valence-corrected chi connectivity index (χ3v) is 2.16. The predicted octanol–water partition coefficient (Wildman–Crippen LogP) is 1.44. The molecule has 1 rings (SSSR count). The summed E-state index contributed by atoms with van der Waals surface area (Å²) < 4.78 is 0. The number of rotatable bonds is 3. The summed E-state index contributed by atoms with van der Waals surface area (Å²) in [7, 11) is 0. The molecule has 3 N–H and O–H groups in total. The Hall–Kier alpha value is -1.42. The lowest BCUT2D eigenvalue weighted by Crippen LogP contribution is -2.20. The van der Waals surface area contributed by atoms with E-state index < -0.39 is 5.97 Å². The van der Waals surface area contributed by atoms with Gasteiger partial charge in [0, 0.05) is 18.4 Å². The summed E-state index contributed by atoms with van der Waals surface area (Å²) in [6.45, 7) is 3.91. The molecule has 0 aliphatic heterocycles. The molecule has 0 unspecified atom stereocenters. The zero-order chi connectivity index (χ0) is 10.7. The Kier molecular flexibility index (Phi) is 3.19. The molecule has 0 aliphatic rings. The first-order valence-corrected chi connectivity index (χ1v) is 4.46. The van der Waals surface area contributed by atoms with Crippen molar-refractivity contribution in [2.45, 2.75) is 19.9 Å². The molecule has 1 aromatic heterocycles. The first kappa shape index (κ1) is 10.7. The Morgan fingerprint density at radius 1 is 1.57 bits per heavy atom. The highest BCUT2D eigenvalue weighted by molar-refractivity contribution is 5.89. The fourth-order valence-corrected chi connectivity index (χ4v) is 1.23. The molecule has 1 atom stereocenters. The van der Waals surface area contributed by atoms with Crippen molar-refractivity contribution in [3.8, 4) is 0 Å². The molecule has 0 fully saturated rings. The van der Waals surface area contributed by atoms with Crippen LogP contribution in [-0.4, -0.2) is 16.1 Å². The van der Waals surface area contributed by atoms with E-state index in [2.05, 4.69) is 4.98 Å². The van der Waals surface area contributed by atoms with Gasteiger partial charge in [0.2, 0.25) is 0 Å². The van der Waals surface area contributed by atoms with E-state index in [1.54, 1.807) is 12.3 Å². The molecule has 0 aliphatic carbocycles. The molecule has 0 saturated carbocycles.